The van der Waals surface area contributed by atoms with Crippen LogP contribution in [0.4, 0.5) is 5.69 Å². The number of non-ortho nitro benzene ring substituents is 1. The largest absolute Gasteiger partial charge is 0.469 e. The minimum absolute atomic E-state index is 0.148. The van der Waals surface area contributed by atoms with Crippen LogP contribution in [0, 0.1) is 10.1 Å². The topological polar surface area (TPSA) is 134 Å². The zero-order chi connectivity index (χ0) is 20.4. The van der Waals surface area contributed by atoms with E-state index in [1.807, 2.05) is 0 Å². The number of hydrogen-bond donors (Lipinski definition) is 1. The molecule has 27 heavy (non-hydrogen) atoms. The van der Waals surface area contributed by atoms with Gasteiger partial charge in [0.15, 0.2) is 0 Å². The maximum absolute atomic E-state index is 12.2. The Hall–Kier alpha value is -3.01. The number of ether oxygens (including phenoxy) is 3. The van der Waals surface area contributed by atoms with Crippen LogP contribution in [-0.2, 0) is 28.6 Å². The van der Waals surface area contributed by atoms with Crippen molar-refractivity contribution < 1.29 is 33.5 Å². The Morgan fingerprint density at radius 1 is 1.15 bits per heavy atom. The van der Waals surface area contributed by atoms with Crippen LogP contribution in [0.2, 0.25) is 0 Å². The third-order valence-electron chi connectivity index (χ3n) is 3.76. The van der Waals surface area contributed by atoms with Gasteiger partial charge in [-0.3, -0.25) is 19.7 Å². The molecule has 1 rings (SSSR count). The lowest BCUT2D eigenvalue weighted by atomic mass is 9.88. The first-order valence-electron chi connectivity index (χ1n) is 8.10. The Morgan fingerprint density at radius 3 is 2.26 bits per heavy atom. The fourth-order valence-electron chi connectivity index (χ4n) is 2.39. The van der Waals surface area contributed by atoms with Gasteiger partial charge >= 0.3 is 11.9 Å². The highest BCUT2D eigenvalue weighted by Crippen LogP contribution is 2.27. The maximum atomic E-state index is 12.2. The van der Waals surface area contributed by atoms with Crippen molar-refractivity contribution >= 4 is 23.5 Å². The molecule has 0 saturated heterocycles. The highest BCUT2D eigenvalue weighted by atomic mass is 16.6. The van der Waals surface area contributed by atoms with Gasteiger partial charge in [0.25, 0.3) is 5.69 Å². The van der Waals surface area contributed by atoms with E-state index in [1.54, 1.807) is 6.92 Å². The first-order chi connectivity index (χ1) is 12.8. The van der Waals surface area contributed by atoms with Crippen molar-refractivity contribution in [2.45, 2.75) is 25.3 Å². The van der Waals surface area contributed by atoms with Gasteiger partial charge in [-0.25, -0.2) is 4.79 Å². The van der Waals surface area contributed by atoms with E-state index in [-0.39, 0.29) is 18.7 Å². The van der Waals surface area contributed by atoms with Crippen molar-refractivity contribution in [3.63, 3.8) is 0 Å². The van der Waals surface area contributed by atoms with Crippen LogP contribution in [0.15, 0.2) is 24.3 Å². The molecule has 1 aromatic carbocycles. The third-order valence-corrected chi connectivity index (χ3v) is 3.76. The molecule has 2 atom stereocenters. The Bertz CT molecular complexity index is 674. The summed E-state index contributed by atoms with van der Waals surface area (Å²) >= 11 is 0. The second-order valence-corrected chi connectivity index (χ2v) is 5.44. The Morgan fingerprint density at radius 2 is 1.78 bits per heavy atom. The molecule has 0 aliphatic heterocycles. The van der Waals surface area contributed by atoms with E-state index in [1.165, 1.54) is 31.4 Å². The van der Waals surface area contributed by atoms with Gasteiger partial charge < -0.3 is 19.5 Å². The number of nitro benzene ring substituents is 1. The molecule has 1 N–H and O–H groups in total. The maximum Gasteiger partial charge on any atom is 0.329 e. The molecule has 0 unspecified atom stereocenters. The lowest BCUT2D eigenvalue weighted by Crippen LogP contribution is -2.47. The highest BCUT2D eigenvalue weighted by molar-refractivity contribution is 5.86. The van der Waals surface area contributed by atoms with Crippen LogP contribution in [0.25, 0.3) is 0 Å². The zero-order valence-corrected chi connectivity index (χ0v) is 15.3. The lowest BCUT2D eigenvalue weighted by Gasteiger charge is -2.25. The number of methoxy groups -OCH3 is 2. The van der Waals surface area contributed by atoms with Crippen LogP contribution in [0.3, 0.4) is 0 Å². The summed E-state index contributed by atoms with van der Waals surface area (Å²) in [5, 5.41) is 13.3. The van der Waals surface area contributed by atoms with Gasteiger partial charge in [0.05, 0.1) is 25.6 Å². The van der Waals surface area contributed by atoms with E-state index in [2.05, 4.69) is 10.1 Å². The summed E-state index contributed by atoms with van der Waals surface area (Å²) in [5.41, 5.74) is 0.281. The van der Waals surface area contributed by atoms with Crippen molar-refractivity contribution in [3.8, 4) is 0 Å². The molecule has 0 fully saturated rings. The minimum Gasteiger partial charge on any atom is -0.469 e. The number of esters is 2. The number of nitrogens with one attached hydrogen (secondary N) is 1. The number of carbonyl (C=O) groups is 3. The van der Waals surface area contributed by atoms with E-state index in [4.69, 9.17) is 9.47 Å². The number of amides is 1. The van der Waals surface area contributed by atoms with Crippen LogP contribution < -0.4 is 5.32 Å². The minimum atomic E-state index is -1.21. The summed E-state index contributed by atoms with van der Waals surface area (Å²) in [6.45, 7) is 1.75. The van der Waals surface area contributed by atoms with Crippen LogP contribution in [0.1, 0.15) is 24.8 Å². The normalized spacial score (nSPS) is 12.6. The molecule has 1 amide bonds. The van der Waals surface area contributed by atoms with Crippen molar-refractivity contribution in [3.05, 3.63) is 39.9 Å². The molecule has 0 aliphatic carbocycles. The molecule has 0 aromatic heterocycles. The first-order valence-corrected chi connectivity index (χ1v) is 8.10. The Balaban J connectivity index is 3.20. The van der Waals surface area contributed by atoms with Gasteiger partial charge in [-0.15, -0.1) is 0 Å². The smallest absolute Gasteiger partial charge is 0.329 e. The van der Waals surface area contributed by atoms with Gasteiger partial charge in [0.2, 0.25) is 5.91 Å². The third kappa shape index (κ3) is 6.66. The molecule has 148 valence electrons. The van der Waals surface area contributed by atoms with Gasteiger partial charge in [-0.2, -0.15) is 0 Å². The van der Waals surface area contributed by atoms with Crippen molar-refractivity contribution in [1.82, 2.24) is 5.32 Å². The predicted octanol–water partition coefficient (Wildman–Crippen LogP) is 0.936. The molecule has 0 aliphatic rings. The summed E-state index contributed by atoms with van der Waals surface area (Å²) in [6.07, 6.45) is -0.247. The fraction of sp³-hybridized carbons (Fsp3) is 0.471. The quantitative estimate of drug-likeness (QED) is 0.359. The van der Waals surface area contributed by atoms with Crippen LogP contribution >= 0.6 is 0 Å². The summed E-state index contributed by atoms with van der Waals surface area (Å²) < 4.78 is 14.4. The molecular formula is C17H22N2O8. The van der Waals surface area contributed by atoms with E-state index in [0.717, 1.165) is 7.11 Å². The second-order valence-electron chi connectivity index (χ2n) is 5.44. The summed E-state index contributed by atoms with van der Waals surface area (Å²) in [6, 6.07) is 4.11. The molecule has 1 aromatic rings. The number of benzene rings is 1. The molecule has 0 spiro atoms. The van der Waals surface area contributed by atoms with E-state index >= 15 is 0 Å². The summed E-state index contributed by atoms with van der Waals surface area (Å²) in [4.78, 5) is 46.3. The fourth-order valence-corrected chi connectivity index (χ4v) is 2.39. The molecule has 0 saturated carbocycles. The van der Waals surface area contributed by atoms with Gasteiger partial charge in [0, 0.05) is 24.7 Å². The number of nitrogens with zero attached hydrogens (tertiary/aromatic N) is 1. The Kier molecular flexibility index (Phi) is 8.86. The highest BCUT2D eigenvalue weighted by Gasteiger charge is 2.34. The standard InChI is InChI=1S/C17H22N2O8/c1-4-27-10-14(20)18-16(17(22)26-3)13(9-15(21)25-2)11-5-7-12(8-6-11)19(23)24/h5-8,13,16H,4,9-10H2,1-3H3,(H,18,20)/t13-,16-/m0/s1. The molecule has 10 heteroatoms. The van der Waals surface area contributed by atoms with Crippen LogP contribution in [0.5, 0.6) is 0 Å². The van der Waals surface area contributed by atoms with Crippen molar-refractivity contribution in [2.24, 2.45) is 0 Å². The van der Waals surface area contributed by atoms with Gasteiger partial charge in [-0.1, -0.05) is 12.1 Å². The lowest BCUT2D eigenvalue weighted by molar-refractivity contribution is -0.384. The van der Waals surface area contributed by atoms with Crippen LogP contribution in [-0.4, -0.2) is 56.2 Å². The molecule has 10 nitrogen and oxygen atoms in total. The van der Waals surface area contributed by atoms with Crippen molar-refractivity contribution in [1.29, 1.82) is 0 Å². The summed E-state index contributed by atoms with van der Waals surface area (Å²) in [5.74, 6) is -2.81. The van der Waals surface area contributed by atoms with Gasteiger partial charge in [0.1, 0.15) is 12.6 Å². The van der Waals surface area contributed by atoms with E-state index in [9.17, 15) is 24.5 Å². The van der Waals surface area contributed by atoms with Crippen molar-refractivity contribution in [2.75, 3.05) is 27.4 Å². The monoisotopic (exact) mass is 382 g/mol. The molecule has 0 radical (unpaired) electrons. The number of rotatable bonds is 10. The first kappa shape index (κ1) is 22.0. The average Bonchev–Trinajstić information content (AvgIpc) is 2.68. The molecular weight excluding hydrogens is 360 g/mol. The molecule has 0 heterocycles. The number of nitro groups is 1. The predicted molar refractivity (Wildman–Crippen MR) is 92.9 cm³/mol. The zero-order valence-electron chi connectivity index (χ0n) is 15.3. The number of hydrogen-bond acceptors (Lipinski definition) is 8. The average molecular weight is 382 g/mol. The SMILES string of the molecule is CCOCC(=O)N[C@H](C(=O)OC)[C@@H](CC(=O)OC)c1ccc([N+](=O)[O-])cc1. The van der Waals surface area contributed by atoms with Gasteiger partial charge in [-0.05, 0) is 12.5 Å². The van der Waals surface area contributed by atoms with E-state index in [0.29, 0.717) is 12.2 Å². The number of carbonyl (C=O) groups excluding carboxylic acids is 3. The van der Waals surface area contributed by atoms with E-state index < -0.39 is 34.7 Å². The second kappa shape index (κ2) is 10.9. The summed E-state index contributed by atoms with van der Waals surface area (Å²) in [7, 11) is 2.34. The molecule has 0 bridgehead atoms. The Labute approximate surface area is 155 Å².